The third-order valence-corrected chi connectivity index (χ3v) is 4.51. The molecule has 0 aromatic carbocycles. The van der Waals surface area contributed by atoms with Gasteiger partial charge in [0, 0.05) is 38.0 Å². The highest BCUT2D eigenvalue weighted by Crippen LogP contribution is 2.34. The molecule has 0 radical (unpaired) electrons. The summed E-state index contributed by atoms with van der Waals surface area (Å²) in [5.41, 5.74) is -0.466. The molecule has 2 atom stereocenters. The van der Waals surface area contributed by atoms with Gasteiger partial charge >= 0.3 is 6.09 Å². The Morgan fingerprint density at radius 3 is 2.00 bits per heavy atom. The van der Waals surface area contributed by atoms with Crippen molar-refractivity contribution in [3.63, 3.8) is 0 Å². The minimum atomic E-state index is -0.466. The van der Waals surface area contributed by atoms with E-state index in [1.54, 1.807) is 20.3 Å². The van der Waals surface area contributed by atoms with Crippen LogP contribution < -0.4 is 14.4 Å². The molecule has 1 amide bonds. The number of rotatable bonds is 3. The number of fused-ring (bicyclic) bond motifs is 1. The van der Waals surface area contributed by atoms with Crippen LogP contribution in [-0.4, -0.2) is 67.0 Å². The highest BCUT2D eigenvalue weighted by molar-refractivity contribution is 5.68. The number of hydrogen-bond acceptors (Lipinski definition) is 7. The highest BCUT2D eigenvalue weighted by atomic mass is 16.6. The summed E-state index contributed by atoms with van der Waals surface area (Å²) in [5, 5.41) is 0. The van der Waals surface area contributed by atoms with E-state index >= 15 is 0 Å². The summed E-state index contributed by atoms with van der Waals surface area (Å²) in [6.45, 7) is 8.68. The molecule has 0 bridgehead atoms. The smallest absolute Gasteiger partial charge is 0.410 e. The minimum absolute atomic E-state index is 0.229. The maximum absolute atomic E-state index is 12.2. The van der Waals surface area contributed by atoms with Crippen LogP contribution in [0, 0.1) is 11.8 Å². The molecule has 0 saturated carbocycles. The van der Waals surface area contributed by atoms with Crippen LogP contribution in [-0.2, 0) is 4.74 Å². The van der Waals surface area contributed by atoms with Crippen molar-refractivity contribution in [1.29, 1.82) is 0 Å². The summed E-state index contributed by atoms with van der Waals surface area (Å²) in [4.78, 5) is 25.0. The second-order valence-electron chi connectivity index (χ2n) is 7.56. The van der Waals surface area contributed by atoms with Gasteiger partial charge in [0.1, 0.15) is 5.60 Å². The van der Waals surface area contributed by atoms with Gasteiger partial charge in [0.05, 0.1) is 20.3 Å². The molecular formula is C17H26N4O4. The van der Waals surface area contributed by atoms with Gasteiger partial charge in [0.15, 0.2) is 0 Å². The number of likely N-dealkylation sites (tertiary alicyclic amines) is 1. The van der Waals surface area contributed by atoms with E-state index in [-0.39, 0.29) is 6.09 Å². The zero-order valence-corrected chi connectivity index (χ0v) is 15.5. The van der Waals surface area contributed by atoms with Gasteiger partial charge in [0.2, 0.25) is 17.7 Å². The Morgan fingerprint density at radius 2 is 1.56 bits per heavy atom. The molecule has 2 aliphatic rings. The molecule has 2 fully saturated rings. The van der Waals surface area contributed by atoms with E-state index in [1.807, 2.05) is 25.7 Å². The number of nitrogens with zero attached hydrogens (tertiary/aromatic N) is 4. The predicted molar refractivity (Wildman–Crippen MR) is 92.1 cm³/mol. The van der Waals surface area contributed by atoms with Crippen LogP contribution in [0.25, 0.3) is 0 Å². The zero-order valence-electron chi connectivity index (χ0n) is 15.5. The second-order valence-corrected chi connectivity index (χ2v) is 7.56. The molecule has 2 aliphatic heterocycles. The summed E-state index contributed by atoms with van der Waals surface area (Å²) in [6, 6.07) is 1.66. The number of methoxy groups -OCH3 is 2. The molecule has 138 valence electrons. The van der Waals surface area contributed by atoms with Gasteiger partial charge in [-0.2, -0.15) is 9.97 Å². The van der Waals surface area contributed by atoms with Gasteiger partial charge in [-0.3, -0.25) is 0 Å². The number of aromatic nitrogens is 2. The summed E-state index contributed by atoms with van der Waals surface area (Å²) in [5.74, 6) is 2.36. The molecule has 1 aromatic rings. The highest BCUT2D eigenvalue weighted by Gasteiger charge is 2.43. The number of carbonyl (C=O) groups is 1. The largest absolute Gasteiger partial charge is 0.481 e. The van der Waals surface area contributed by atoms with Crippen molar-refractivity contribution in [3.8, 4) is 11.8 Å². The Hall–Kier alpha value is -2.25. The molecule has 25 heavy (non-hydrogen) atoms. The standard InChI is InChI=1S/C17H26N4O4/c1-17(2,3)25-16(22)21-9-11-7-20(8-12(11)10-21)15-18-13(23-4)6-14(19-15)24-5/h6,11-12H,7-10H2,1-5H3. The summed E-state index contributed by atoms with van der Waals surface area (Å²) in [6.07, 6.45) is -0.229. The molecule has 0 spiro atoms. The average Bonchev–Trinajstić information content (AvgIpc) is 3.11. The van der Waals surface area contributed by atoms with Crippen molar-refractivity contribution in [3.05, 3.63) is 6.07 Å². The summed E-state index contributed by atoms with van der Waals surface area (Å²) >= 11 is 0. The predicted octanol–water partition coefficient (Wildman–Crippen LogP) is 1.80. The lowest BCUT2D eigenvalue weighted by atomic mass is 10.0. The van der Waals surface area contributed by atoms with Crippen LogP contribution in [0.15, 0.2) is 6.07 Å². The number of ether oxygens (including phenoxy) is 3. The van der Waals surface area contributed by atoms with Crippen LogP contribution in [0.2, 0.25) is 0 Å². The Labute approximate surface area is 148 Å². The van der Waals surface area contributed by atoms with Gasteiger partial charge in [-0.1, -0.05) is 0 Å². The van der Waals surface area contributed by atoms with Crippen molar-refractivity contribution >= 4 is 12.0 Å². The molecule has 8 heteroatoms. The normalized spacial score (nSPS) is 22.8. The van der Waals surface area contributed by atoms with Gasteiger partial charge in [0.25, 0.3) is 0 Å². The fourth-order valence-electron chi connectivity index (χ4n) is 3.37. The van der Waals surface area contributed by atoms with Crippen LogP contribution in [0.5, 0.6) is 11.8 Å². The van der Waals surface area contributed by atoms with Crippen LogP contribution >= 0.6 is 0 Å². The lowest BCUT2D eigenvalue weighted by Gasteiger charge is -2.26. The van der Waals surface area contributed by atoms with Crippen molar-refractivity contribution in [1.82, 2.24) is 14.9 Å². The van der Waals surface area contributed by atoms with E-state index in [1.165, 1.54) is 0 Å². The monoisotopic (exact) mass is 350 g/mol. The van der Waals surface area contributed by atoms with E-state index in [2.05, 4.69) is 14.9 Å². The van der Waals surface area contributed by atoms with Crippen LogP contribution in [0.1, 0.15) is 20.8 Å². The number of anilines is 1. The van der Waals surface area contributed by atoms with E-state index in [0.717, 1.165) is 13.1 Å². The van der Waals surface area contributed by atoms with Crippen molar-refractivity contribution < 1.29 is 19.0 Å². The summed E-state index contributed by atoms with van der Waals surface area (Å²) in [7, 11) is 3.14. The third-order valence-electron chi connectivity index (χ3n) is 4.51. The van der Waals surface area contributed by atoms with Crippen molar-refractivity contribution in [2.24, 2.45) is 11.8 Å². The quantitative estimate of drug-likeness (QED) is 0.822. The average molecular weight is 350 g/mol. The maximum Gasteiger partial charge on any atom is 0.410 e. The fraction of sp³-hybridized carbons (Fsp3) is 0.706. The van der Waals surface area contributed by atoms with E-state index < -0.39 is 5.60 Å². The molecule has 1 aromatic heterocycles. The van der Waals surface area contributed by atoms with Crippen molar-refractivity contribution in [2.75, 3.05) is 45.3 Å². The van der Waals surface area contributed by atoms with Crippen molar-refractivity contribution in [2.45, 2.75) is 26.4 Å². The lowest BCUT2D eigenvalue weighted by Crippen LogP contribution is -2.37. The van der Waals surface area contributed by atoms with E-state index in [0.29, 0.717) is 42.6 Å². The SMILES string of the molecule is COc1cc(OC)nc(N2CC3CN(C(=O)OC(C)(C)C)CC3C2)n1. The molecule has 2 unspecified atom stereocenters. The maximum atomic E-state index is 12.2. The Morgan fingerprint density at radius 1 is 1.04 bits per heavy atom. The van der Waals surface area contributed by atoms with Crippen LogP contribution in [0.3, 0.4) is 0 Å². The third kappa shape index (κ3) is 3.88. The first-order valence-corrected chi connectivity index (χ1v) is 8.49. The minimum Gasteiger partial charge on any atom is -0.481 e. The molecule has 0 aliphatic carbocycles. The van der Waals surface area contributed by atoms with Gasteiger partial charge in [-0.25, -0.2) is 4.79 Å². The Bertz CT molecular complexity index is 610. The molecular weight excluding hydrogens is 324 g/mol. The van der Waals surface area contributed by atoms with Gasteiger partial charge in [-0.15, -0.1) is 0 Å². The number of hydrogen-bond donors (Lipinski definition) is 0. The van der Waals surface area contributed by atoms with Gasteiger partial charge in [-0.05, 0) is 20.8 Å². The van der Waals surface area contributed by atoms with E-state index in [9.17, 15) is 4.79 Å². The lowest BCUT2D eigenvalue weighted by molar-refractivity contribution is 0.0282. The Balaban J connectivity index is 1.64. The molecule has 8 nitrogen and oxygen atoms in total. The number of amides is 1. The molecule has 0 N–H and O–H groups in total. The number of carbonyl (C=O) groups excluding carboxylic acids is 1. The zero-order chi connectivity index (χ0) is 18.2. The Kier molecular flexibility index (Phi) is 4.62. The topological polar surface area (TPSA) is 77.0 Å². The molecule has 3 rings (SSSR count). The first-order valence-electron chi connectivity index (χ1n) is 8.49. The fourth-order valence-corrected chi connectivity index (χ4v) is 3.37. The molecule has 3 heterocycles. The second kappa shape index (κ2) is 6.57. The first kappa shape index (κ1) is 17.6. The van der Waals surface area contributed by atoms with E-state index in [4.69, 9.17) is 14.2 Å². The summed E-state index contributed by atoms with van der Waals surface area (Å²) < 4.78 is 15.9. The van der Waals surface area contributed by atoms with Crippen LogP contribution in [0.4, 0.5) is 10.7 Å². The van der Waals surface area contributed by atoms with Gasteiger partial charge < -0.3 is 24.0 Å². The molecule has 2 saturated heterocycles. The first-order chi connectivity index (χ1) is 11.8.